The van der Waals surface area contributed by atoms with Crippen molar-refractivity contribution in [2.45, 2.75) is 121 Å². The van der Waals surface area contributed by atoms with Crippen molar-refractivity contribution in [1.29, 1.82) is 0 Å². The molecule has 51 heavy (non-hydrogen) atoms. The van der Waals surface area contributed by atoms with Crippen LogP contribution in [-0.4, -0.2) is 34.8 Å². The highest BCUT2D eigenvalue weighted by Crippen LogP contribution is 2.42. The molecule has 4 nitrogen and oxygen atoms in total. The Morgan fingerprint density at radius 2 is 1.02 bits per heavy atom. The standard InChI is InChI=1S/C45H62N2O2S2/c1-31(2)37-27-35(28-38(41(37)48)43(3,4)5)50-25-15-23-47(34-21-19-33(20-22-34)46-32-17-13-12-14-18-32)24-16-26-51-36-29-39(44(6,7)8)42(49)40(30-36)45(9,10)11/h12-14,17-22,27-31,46,48-49H,15-16,23-26H2,1-11H3. The van der Waals surface area contributed by atoms with Crippen molar-refractivity contribution in [3.63, 3.8) is 0 Å². The minimum Gasteiger partial charge on any atom is -0.507 e. The quantitative estimate of drug-likeness (QED) is 0.0888. The maximum absolute atomic E-state index is 11.2. The van der Waals surface area contributed by atoms with Gasteiger partial charge < -0.3 is 20.4 Å². The predicted molar refractivity (Wildman–Crippen MR) is 225 cm³/mol. The summed E-state index contributed by atoms with van der Waals surface area (Å²) in [4.78, 5) is 4.99. The fourth-order valence-corrected chi connectivity index (χ4v) is 8.10. The highest BCUT2D eigenvalue weighted by atomic mass is 32.2. The zero-order valence-corrected chi connectivity index (χ0v) is 34.6. The van der Waals surface area contributed by atoms with E-state index in [0.717, 1.165) is 71.1 Å². The van der Waals surface area contributed by atoms with Gasteiger partial charge in [0.15, 0.2) is 0 Å². The summed E-state index contributed by atoms with van der Waals surface area (Å²) in [6.45, 7) is 25.8. The average molecular weight is 727 g/mol. The summed E-state index contributed by atoms with van der Waals surface area (Å²) >= 11 is 3.78. The largest absolute Gasteiger partial charge is 0.507 e. The highest BCUT2D eigenvalue weighted by Gasteiger charge is 2.27. The molecule has 276 valence electrons. The van der Waals surface area contributed by atoms with Crippen molar-refractivity contribution < 1.29 is 10.2 Å². The molecule has 0 radical (unpaired) electrons. The van der Waals surface area contributed by atoms with E-state index < -0.39 is 0 Å². The van der Waals surface area contributed by atoms with Crippen LogP contribution in [0, 0.1) is 0 Å². The molecule has 4 aromatic rings. The molecule has 0 aliphatic carbocycles. The molecule has 0 atom stereocenters. The van der Waals surface area contributed by atoms with Crippen LogP contribution in [0.15, 0.2) is 88.7 Å². The Balaban J connectivity index is 1.47. The van der Waals surface area contributed by atoms with Gasteiger partial charge in [0.1, 0.15) is 11.5 Å². The van der Waals surface area contributed by atoms with Crippen LogP contribution in [0.3, 0.4) is 0 Å². The Hall–Kier alpha value is -3.22. The van der Waals surface area contributed by atoms with Gasteiger partial charge in [-0.15, -0.1) is 23.5 Å². The van der Waals surface area contributed by atoms with E-state index in [1.54, 1.807) is 0 Å². The number of nitrogens with one attached hydrogen (secondary N) is 1. The molecule has 0 bridgehead atoms. The number of phenols is 2. The van der Waals surface area contributed by atoms with E-state index >= 15 is 0 Å². The van der Waals surface area contributed by atoms with Crippen molar-refractivity contribution in [2.75, 3.05) is 34.8 Å². The number of hydrogen-bond acceptors (Lipinski definition) is 6. The fourth-order valence-electron chi connectivity index (χ4n) is 6.26. The van der Waals surface area contributed by atoms with Gasteiger partial charge in [-0.1, -0.05) is 94.4 Å². The van der Waals surface area contributed by atoms with Gasteiger partial charge in [0.05, 0.1) is 0 Å². The van der Waals surface area contributed by atoms with Crippen LogP contribution < -0.4 is 10.2 Å². The van der Waals surface area contributed by atoms with E-state index in [2.05, 4.69) is 147 Å². The van der Waals surface area contributed by atoms with E-state index in [0.29, 0.717) is 11.5 Å². The first-order chi connectivity index (χ1) is 23.8. The number of nitrogens with zero attached hydrogens (tertiary/aromatic N) is 1. The van der Waals surface area contributed by atoms with Crippen molar-refractivity contribution >= 4 is 40.6 Å². The van der Waals surface area contributed by atoms with Crippen LogP contribution in [0.2, 0.25) is 0 Å². The van der Waals surface area contributed by atoms with Gasteiger partial charge in [-0.05, 0) is 113 Å². The zero-order valence-electron chi connectivity index (χ0n) is 33.0. The Bertz CT molecular complexity index is 1680. The van der Waals surface area contributed by atoms with Crippen LogP contribution in [-0.2, 0) is 16.2 Å². The topological polar surface area (TPSA) is 55.7 Å². The van der Waals surface area contributed by atoms with Crippen molar-refractivity contribution in [2.24, 2.45) is 0 Å². The van der Waals surface area contributed by atoms with E-state index in [9.17, 15) is 10.2 Å². The number of benzene rings is 4. The Labute approximate surface area is 317 Å². The second-order valence-electron chi connectivity index (χ2n) is 17.1. The molecule has 0 saturated heterocycles. The summed E-state index contributed by atoms with van der Waals surface area (Å²) in [7, 11) is 0. The summed E-state index contributed by atoms with van der Waals surface area (Å²) in [5, 5.41) is 25.8. The van der Waals surface area contributed by atoms with Gasteiger partial charge in [0.25, 0.3) is 0 Å². The molecule has 0 aliphatic rings. The fraction of sp³-hybridized carbons (Fsp3) is 0.467. The molecule has 4 rings (SSSR count). The number of para-hydroxylation sites is 1. The van der Waals surface area contributed by atoms with Crippen LogP contribution >= 0.6 is 23.5 Å². The number of anilines is 3. The minimum atomic E-state index is -0.137. The number of thioether (sulfide) groups is 2. The molecular formula is C45H62N2O2S2. The minimum absolute atomic E-state index is 0.122. The third-order valence-electron chi connectivity index (χ3n) is 9.22. The first kappa shape index (κ1) is 40.5. The summed E-state index contributed by atoms with van der Waals surface area (Å²) in [5.41, 5.74) is 7.10. The molecule has 0 saturated carbocycles. The molecule has 0 unspecified atom stereocenters. The number of phenolic OH excluding ortho intramolecular Hbond substituents is 2. The number of aromatic hydroxyl groups is 2. The molecule has 0 aliphatic heterocycles. The number of hydrogen-bond donors (Lipinski definition) is 3. The first-order valence-electron chi connectivity index (χ1n) is 18.5. The predicted octanol–water partition coefficient (Wildman–Crippen LogP) is 13.0. The van der Waals surface area contributed by atoms with E-state index in [-0.39, 0.29) is 22.2 Å². The maximum atomic E-state index is 11.2. The lowest BCUT2D eigenvalue weighted by molar-refractivity contribution is 0.422. The molecular weight excluding hydrogens is 665 g/mol. The van der Waals surface area contributed by atoms with Gasteiger partial charge in [-0.3, -0.25) is 0 Å². The van der Waals surface area contributed by atoms with Gasteiger partial charge in [0.2, 0.25) is 0 Å². The molecule has 0 amide bonds. The lowest BCUT2D eigenvalue weighted by atomic mass is 9.79. The van der Waals surface area contributed by atoms with Crippen molar-refractivity contribution in [3.8, 4) is 11.5 Å². The summed E-state index contributed by atoms with van der Waals surface area (Å²) < 4.78 is 0. The monoisotopic (exact) mass is 726 g/mol. The highest BCUT2D eigenvalue weighted by molar-refractivity contribution is 7.99. The van der Waals surface area contributed by atoms with Crippen LogP contribution in [0.5, 0.6) is 11.5 Å². The number of rotatable bonds is 14. The normalized spacial score (nSPS) is 12.4. The van der Waals surface area contributed by atoms with Crippen LogP contribution in [0.25, 0.3) is 0 Å². The molecule has 0 fully saturated rings. The lowest BCUT2D eigenvalue weighted by Gasteiger charge is -2.28. The van der Waals surface area contributed by atoms with Crippen LogP contribution in [0.4, 0.5) is 17.1 Å². The van der Waals surface area contributed by atoms with Gasteiger partial charge in [-0.2, -0.15) is 0 Å². The molecule has 0 heterocycles. The van der Waals surface area contributed by atoms with Gasteiger partial charge >= 0.3 is 0 Å². The average Bonchev–Trinajstić information content (AvgIpc) is 3.04. The SMILES string of the molecule is CC(C)c1cc(SCCCN(CCCSc2cc(C(C)(C)C)c(O)c(C(C)(C)C)c2)c2ccc(Nc3ccccc3)cc2)cc(C(C)(C)C)c1O. The molecule has 6 heteroatoms. The lowest BCUT2D eigenvalue weighted by Crippen LogP contribution is -2.26. The third-order valence-corrected chi connectivity index (χ3v) is 11.3. The second kappa shape index (κ2) is 17.1. The smallest absolute Gasteiger partial charge is 0.123 e. The molecule has 0 aromatic heterocycles. The Morgan fingerprint density at radius 1 is 0.588 bits per heavy atom. The van der Waals surface area contributed by atoms with Crippen molar-refractivity contribution in [3.05, 3.63) is 101 Å². The molecule has 0 spiro atoms. The molecule has 4 aromatic carbocycles. The summed E-state index contributed by atoms with van der Waals surface area (Å²) in [6.07, 6.45) is 2.09. The first-order valence-corrected chi connectivity index (χ1v) is 20.5. The second-order valence-corrected chi connectivity index (χ2v) is 19.4. The zero-order chi connectivity index (χ0) is 37.6. The van der Waals surface area contributed by atoms with Gasteiger partial charge in [0, 0.05) is 56.6 Å². The third kappa shape index (κ3) is 11.4. The maximum Gasteiger partial charge on any atom is 0.123 e. The van der Waals surface area contributed by atoms with E-state index in [1.807, 2.05) is 41.7 Å². The van der Waals surface area contributed by atoms with Gasteiger partial charge in [-0.25, -0.2) is 0 Å². The Morgan fingerprint density at radius 3 is 1.47 bits per heavy atom. The van der Waals surface area contributed by atoms with Crippen LogP contribution in [0.1, 0.15) is 117 Å². The summed E-state index contributed by atoms with van der Waals surface area (Å²) in [6, 6.07) is 27.9. The van der Waals surface area contributed by atoms with Crippen molar-refractivity contribution in [1.82, 2.24) is 0 Å². The molecule has 3 N–H and O–H groups in total. The van der Waals surface area contributed by atoms with E-state index in [1.165, 1.54) is 15.5 Å². The van der Waals surface area contributed by atoms with E-state index in [4.69, 9.17) is 0 Å². The summed E-state index contributed by atoms with van der Waals surface area (Å²) in [5.74, 6) is 3.16. The Kier molecular flexibility index (Phi) is 13.6.